The van der Waals surface area contributed by atoms with E-state index in [0.717, 1.165) is 11.0 Å². The molecular formula is C23H20N4O7S. The van der Waals surface area contributed by atoms with Crippen LogP contribution in [0.25, 0.3) is 6.08 Å². The number of benzene rings is 3. The van der Waals surface area contributed by atoms with Gasteiger partial charge in [-0.25, -0.2) is 8.42 Å². The molecule has 0 aliphatic rings. The highest BCUT2D eigenvalue weighted by molar-refractivity contribution is 7.95. The van der Waals surface area contributed by atoms with E-state index < -0.39 is 33.4 Å². The van der Waals surface area contributed by atoms with E-state index in [9.17, 15) is 28.1 Å². The molecule has 0 atom stereocenters. The van der Waals surface area contributed by atoms with Crippen molar-refractivity contribution < 1.29 is 27.7 Å². The SMILES string of the molecule is O=C(COc1ccccc1[N+](=O)[O-])NNC(=O)c1ccc(NS(=O)(=O)/C=C/c2ccccc2)cc1. The second-order valence-corrected chi connectivity index (χ2v) is 8.52. The topological polar surface area (TPSA) is 157 Å². The molecular weight excluding hydrogens is 476 g/mol. The maximum atomic E-state index is 12.2. The average molecular weight is 497 g/mol. The molecule has 0 aliphatic heterocycles. The van der Waals surface area contributed by atoms with Crippen LogP contribution < -0.4 is 20.3 Å². The number of hydrazine groups is 1. The quantitative estimate of drug-likeness (QED) is 0.304. The highest BCUT2D eigenvalue weighted by atomic mass is 32.2. The van der Waals surface area contributed by atoms with Gasteiger partial charge in [-0.2, -0.15) is 0 Å². The lowest BCUT2D eigenvalue weighted by atomic mass is 10.2. The minimum absolute atomic E-state index is 0.0874. The Morgan fingerprint density at radius 2 is 1.57 bits per heavy atom. The van der Waals surface area contributed by atoms with Crippen LogP contribution in [0.15, 0.2) is 84.3 Å². The van der Waals surface area contributed by atoms with Gasteiger partial charge in [-0.1, -0.05) is 42.5 Å². The molecule has 0 heterocycles. The standard InChI is InChI=1S/C23H20N4O7S/c28-22(16-34-21-9-5-4-8-20(21)27(30)31)24-25-23(29)18-10-12-19(13-11-18)26-35(32,33)15-14-17-6-2-1-3-7-17/h1-15,26H,16H2,(H,24,28)(H,25,29)/b15-14+. The second-order valence-electron chi connectivity index (χ2n) is 6.95. The van der Waals surface area contributed by atoms with Crippen LogP contribution in [0.1, 0.15) is 15.9 Å². The molecule has 0 saturated carbocycles. The normalized spacial score (nSPS) is 11.0. The lowest BCUT2D eigenvalue weighted by molar-refractivity contribution is -0.385. The average Bonchev–Trinajstić information content (AvgIpc) is 2.86. The van der Waals surface area contributed by atoms with Crippen molar-refractivity contribution in [3.63, 3.8) is 0 Å². The van der Waals surface area contributed by atoms with Crippen LogP contribution in [0, 0.1) is 10.1 Å². The number of hydrogen-bond donors (Lipinski definition) is 3. The molecule has 3 rings (SSSR count). The molecule has 0 bridgehead atoms. The second kappa shape index (κ2) is 11.4. The van der Waals surface area contributed by atoms with E-state index in [1.165, 1.54) is 54.6 Å². The zero-order valence-electron chi connectivity index (χ0n) is 18.1. The molecule has 0 radical (unpaired) electrons. The number of para-hydroxylation sites is 2. The zero-order chi connectivity index (χ0) is 25.3. The van der Waals surface area contributed by atoms with Crippen molar-refractivity contribution in [1.82, 2.24) is 10.9 Å². The summed E-state index contributed by atoms with van der Waals surface area (Å²) in [6.45, 7) is -0.567. The van der Waals surface area contributed by atoms with Crippen molar-refractivity contribution >= 4 is 39.3 Å². The molecule has 2 amide bonds. The molecule has 3 aromatic rings. The molecule has 0 saturated heterocycles. The number of ether oxygens (including phenoxy) is 1. The zero-order valence-corrected chi connectivity index (χ0v) is 18.9. The first kappa shape index (κ1) is 24.9. The van der Waals surface area contributed by atoms with Gasteiger partial charge in [0.15, 0.2) is 12.4 Å². The van der Waals surface area contributed by atoms with Crippen molar-refractivity contribution in [1.29, 1.82) is 0 Å². The molecule has 0 unspecified atom stereocenters. The van der Waals surface area contributed by atoms with Gasteiger partial charge in [-0.15, -0.1) is 0 Å². The van der Waals surface area contributed by atoms with Crippen LogP contribution in [0.2, 0.25) is 0 Å². The summed E-state index contributed by atoms with van der Waals surface area (Å²) in [5, 5.41) is 12.0. The van der Waals surface area contributed by atoms with E-state index in [4.69, 9.17) is 4.74 Å². The number of nitrogens with one attached hydrogen (secondary N) is 3. The number of nitro groups is 1. The summed E-state index contributed by atoms with van der Waals surface area (Å²) in [4.78, 5) is 34.4. The van der Waals surface area contributed by atoms with E-state index in [0.29, 0.717) is 0 Å². The minimum Gasteiger partial charge on any atom is -0.477 e. The van der Waals surface area contributed by atoms with Crippen molar-refractivity contribution in [3.05, 3.63) is 106 Å². The van der Waals surface area contributed by atoms with Gasteiger partial charge in [0.1, 0.15) is 0 Å². The van der Waals surface area contributed by atoms with E-state index in [-0.39, 0.29) is 22.7 Å². The number of hydrogen-bond acceptors (Lipinski definition) is 7. The summed E-state index contributed by atoms with van der Waals surface area (Å²) in [6.07, 6.45) is 1.45. The number of carbonyl (C=O) groups excluding carboxylic acids is 2. The highest BCUT2D eigenvalue weighted by Gasteiger charge is 2.15. The fourth-order valence-corrected chi connectivity index (χ4v) is 3.60. The summed E-state index contributed by atoms with van der Waals surface area (Å²) in [5.74, 6) is -1.50. The van der Waals surface area contributed by atoms with Gasteiger partial charge in [-0.3, -0.25) is 35.3 Å². The van der Waals surface area contributed by atoms with Crippen molar-refractivity contribution in [3.8, 4) is 5.75 Å². The van der Waals surface area contributed by atoms with Gasteiger partial charge in [0, 0.05) is 17.3 Å². The van der Waals surface area contributed by atoms with Crippen molar-refractivity contribution in [2.24, 2.45) is 0 Å². The first-order valence-electron chi connectivity index (χ1n) is 10.0. The summed E-state index contributed by atoms with van der Waals surface area (Å²) >= 11 is 0. The molecule has 35 heavy (non-hydrogen) atoms. The minimum atomic E-state index is -3.77. The maximum absolute atomic E-state index is 12.2. The molecule has 0 aromatic heterocycles. The monoisotopic (exact) mass is 496 g/mol. The maximum Gasteiger partial charge on any atom is 0.310 e. The predicted octanol–water partition coefficient (Wildman–Crippen LogP) is 2.85. The summed E-state index contributed by atoms with van der Waals surface area (Å²) < 4.78 is 31.9. The predicted molar refractivity (Wildman–Crippen MR) is 129 cm³/mol. The third-order valence-corrected chi connectivity index (χ3v) is 5.40. The fraction of sp³-hybridized carbons (Fsp3) is 0.0435. The smallest absolute Gasteiger partial charge is 0.310 e. The molecule has 11 nitrogen and oxygen atoms in total. The largest absolute Gasteiger partial charge is 0.477 e. The van der Waals surface area contributed by atoms with Crippen LogP contribution in [-0.4, -0.2) is 31.8 Å². The number of amides is 2. The van der Waals surface area contributed by atoms with Gasteiger partial charge in [0.2, 0.25) is 0 Å². The lowest BCUT2D eigenvalue weighted by Gasteiger charge is -2.10. The third kappa shape index (κ3) is 7.68. The van der Waals surface area contributed by atoms with E-state index in [1.807, 2.05) is 6.07 Å². The number of rotatable bonds is 9. The van der Waals surface area contributed by atoms with Gasteiger partial charge in [0.25, 0.3) is 21.8 Å². The summed E-state index contributed by atoms with van der Waals surface area (Å²) in [7, 11) is -3.77. The van der Waals surface area contributed by atoms with Gasteiger partial charge >= 0.3 is 5.69 Å². The van der Waals surface area contributed by atoms with Gasteiger partial charge in [-0.05, 0) is 42.0 Å². The number of anilines is 1. The Morgan fingerprint density at radius 1 is 0.914 bits per heavy atom. The lowest BCUT2D eigenvalue weighted by Crippen LogP contribution is -2.43. The van der Waals surface area contributed by atoms with Crippen LogP contribution >= 0.6 is 0 Å². The number of nitrogens with zero attached hydrogens (tertiary/aromatic N) is 1. The molecule has 3 N–H and O–H groups in total. The molecule has 180 valence electrons. The summed E-state index contributed by atoms with van der Waals surface area (Å²) in [6, 6.07) is 20.0. The van der Waals surface area contributed by atoms with Crippen LogP contribution in [0.3, 0.4) is 0 Å². The van der Waals surface area contributed by atoms with E-state index >= 15 is 0 Å². The Bertz CT molecular complexity index is 1340. The molecule has 0 fully saturated rings. The Hall–Kier alpha value is -4.71. The van der Waals surface area contributed by atoms with E-state index in [1.54, 1.807) is 24.3 Å². The Kier molecular flexibility index (Phi) is 8.14. The molecule has 0 spiro atoms. The number of carbonyl (C=O) groups is 2. The number of nitro benzene ring substituents is 1. The Labute approximate surface area is 200 Å². The van der Waals surface area contributed by atoms with E-state index in [2.05, 4.69) is 15.6 Å². The molecule has 3 aromatic carbocycles. The first-order valence-corrected chi connectivity index (χ1v) is 11.6. The van der Waals surface area contributed by atoms with Crippen LogP contribution in [-0.2, 0) is 14.8 Å². The first-order chi connectivity index (χ1) is 16.7. The summed E-state index contributed by atoms with van der Waals surface area (Å²) in [5.41, 5.74) is 5.12. The molecule has 12 heteroatoms. The highest BCUT2D eigenvalue weighted by Crippen LogP contribution is 2.25. The van der Waals surface area contributed by atoms with Crippen molar-refractivity contribution in [2.45, 2.75) is 0 Å². The Balaban J connectivity index is 1.49. The van der Waals surface area contributed by atoms with Crippen LogP contribution in [0.4, 0.5) is 11.4 Å². The molecule has 0 aliphatic carbocycles. The number of sulfonamides is 1. The van der Waals surface area contributed by atoms with Crippen LogP contribution in [0.5, 0.6) is 5.75 Å². The van der Waals surface area contributed by atoms with Crippen molar-refractivity contribution in [2.75, 3.05) is 11.3 Å². The fourth-order valence-electron chi connectivity index (χ4n) is 2.73. The third-order valence-electron chi connectivity index (χ3n) is 4.38. The Morgan fingerprint density at radius 3 is 2.26 bits per heavy atom. The van der Waals surface area contributed by atoms with Gasteiger partial charge < -0.3 is 4.74 Å². The van der Waals surface area contributed by atoms with Gasteiger partial charge in [0.05, 0.1) is 10.3 Å².